The lowest BCUT2D eigenvalue weighted by Gasteiger charge is -2.55. The first-order valence-electron chi connectivity index (χ1n) is 12.8. The standard InChI is InChI=1S/C30H36N4O/c1-20(2)21-11-13-24-22(17-21)12-14-25-29(24,3)15-8-16-30(25,4)28(35)34(23-9-6-5-7-10-23)27-18-26(31)32-19-33-27/h5-7,9-11,13,17-20,25H,8,12,14-16H2,1-4H3,(H2,31,32,33)/t25-,29-,30-/m1/s1. The average Bonchev–Trinajstić information content (AvgIpc) is 2.84. The van der Waals surface area contributed by atoms with Crippen molar-refractivity contribution >= 4 is 23.2 Å². The predicted octanol–water partition coefficient (Wildman–Crippen LogP) is 6.56. The summed E-state index contributed by atoms with van der Waals surface area (Å²) in [6, 6.07) is 18.6. The van der Waals surface area contributed by atoms with Gasteiger partial charge < -0.3 is 5.73 Å². The van der Waals surface area contributed by atoms with Crippen molar-refractivity contribution in [2.24, 2.45) is 11.3 Å². The van der Waals surface area contributed by atoms with Crippen LogP contribution in [0.2, 0.25) is 0 Å². The monoisotopic (exact) mass is 468 g/mol. The number of nitrogen functional groups attached to an aromatic ring is 1. The number of nitrogens with two attached hydrogens (primary N) is 1. The maximum Gasteiger partial charge on any atom is 0.238 e. The van der Waals surface area contributed by atoms with Gasteiger partial charge in [-0.05, 0) is 71.8 Å². The third-order valence-corrected chi connectivity index (χ3v) is 8.65. The molecule has 1 saturated carbocycles. The second-order valence-electron chi connectivity index (χ2n) is 11.1. The van der Waals surface area contributed by atoms with Gasteiger partial charge in [0.15, 0.2) is 0 Å². The number of fused-ring (bicyclic) bond motifs is 3. The molecule has 3 atom stereocenters. The first kappa shape index (κ1) is 23.5. The van der Waals surface area contributed by atoms with E-state index in [9.17, 15) is 4.79 Å². The van der Waals surface area contributed by atoms with Crippen molar-refractivity contribution in [1.29, 1.82) is 0 Å². The summed E-state index contributed by atoms with van der Waals surface area (Å²) in [5, 5.41) is 0. The van der Waals surface area contributed by atoms with Crippen LogP contribution in [0.25, 0.3) is 0 Å². The highest BCUT2D eigenvalue weighted by Gasteiger charge is 2.56. The molecule has 1 fully saturated rings. The molecule has 0 bridgehead atoms. The van der Waals surface area contributed by atoms with Crippen molar-refractivity contribution in [3.63, 3.8) is 0 Å². The van der Waals surface area contributed by atoms with Gasteiger partial charge in [-0.15, -0.1) is 0 Å². The van der Waals surface area contributed by atoms with E-state index in [1.807, 2.05) is 30.3 Å². The first-order valence-corrected chi connectivity index (χ1v) is 12.8. The Labute approximate surface area is 208 Å². The Balaban J connectivity index is 1.58. The number of para-hydroxylation sites is 1. The Morgan fingerprint density at radius 1 is 1.06 bits per heavy atom. The smallest absolute Gasteiger partial charge is 0.238 e. The summed E-state index contributed by atoms with van der Waals surface area (Å²) in [7, 11) is 0. The van der Waals surface area contributed by atoms with Crippen LogP contribution in [0.1, 0.15) is 76.0 Å². The molecule has 35 heavy (non-hydrogen) atoms. The zero-order valence-electron chi connectivity index (χ0n) is 21.3. The van der Waals surface area contributed by atoms with Crippen molar-refractivity contribution in [1.82, 2.24) is 9.97 Å². The van der Waals surface area contributed by atoms with Gasteiger partial charge in [0.1, 0.15) is 18.0 Å². The molecule has 0 spiro atoms. The highest BCUT2D eigenvalue weighted by atomic mass is 16.2. The molecule has 0 unspecified atom stereocenters. The Bertz CT molecular complexity index is 1240. The molecule has 1 heterocycles. The van der Waals surface area contributed by atoms with E-state index in [0.29, 0.717) is 17.6 Å². The van der Waals surface area contributed by atoms with E-state index in [1.165, 1.54) is 23.0 Å². The molecule has 2 aliphatic carbocycles. The van der Waals surface area contributed by atoms with Crippen molar-refractivity contribution in [2.75, 3.05) is 10.6 Å². The van der Waals surface area contributed by atoms with Crippen molar-refractivity contribution in [3.05, 3.63) is 77.6 Å². The van der Waals surface area contributed by atoms with E-state index in [4.69, 9.17) is 5.73 Å². The summed E-state index contributed by atoms with van der Waals surface area (Å²) >= 11 is 0. The van der Waals surface area contributed by atoms with Gasteiger partial charge >= 0.3 is 0 Å². The number of anilines is 3. The fourth-order valence-corrected chi connectivity index (χ4v) is 6.80. The lowest BCUT2D eigenvalue weighted by atomic mass is 9.49. The van der Waals surface area contributed by atoms with Crippen molar-refractivity contribution in [3.8, 4) is 0 Å². The largest absolute Gasteiger partial charge is 0.384 e. The first-order chi connectivity index (χ1) is 16.7. The zero-order valence-corrected chi connectivity index (χ0v) is 21.3. The van der Waals surface area contributed by atoms with E-state index in [2.05, 4.69) is 55.9 Å². The van der Waals surface area contributed by atoms with Crippen molar-refractivity contribution < 1.29 is 4.79 Å². The number of aromatic nitrogens is 2. The second kappa shape index (κ2) is 8.78. The molecule has 1 aromatic heterocycles. The lowest BCUT2D eigenvalue weighted by molar-refractivity contribution is -0.135. The van der Waals surface area contributed by atoms with E-state index >= 15 is 0 Å². The second-order valence-corrected chi connectivity index (χ2v) is 11.1. The zero-order chi connectivity index (χ0) is 24.8. The van der Waals surface area contributed by atoms with E-state index < -0.39 is 5.41 Å². The number of benzene rings is 2. The van der Waals surface area contributed by atoms with Gasteiger partial charge in [0.05, 0.1) is 11.1 Å². The maximum atomic E-state index is 14.6. The number of hydrogen-bond donors (Lipinski definition) is 1. The molecule has 2 N–H and O–H groups in total. The minimum Gasteiger partial charge on any atom is -0.384 e. The minimum absolute atomic E-state index is 0.0290. The number of carbonyl (C=O) groups excluding carboxylic acids is 1. The number of aryl methyl sites for hydroxylation is 1. The normalized spacial score (nSPS) is 25.6. The Kier molecular flexibility index (Phi) is 5.90. The topological polar surface area (TPSA) is 72.1 Å². The highest BCUT2D eigenvalue weighted by Crippen LogP contribution is 2.58. The van der Waals surface area contributed by atoms with Crippen molar-refractivity contribution in [2.45, 2.75) is 71.1 Å². The Hall–Kier alpha value is -3.21. The van der Waals surface area contributed by atoms with Gasteiger partial charge in [-0.2, -0.15) is 0 Å². The maximum absolute atomic E-state index is 14.6. The SMILES string of the molecule is CC(C)c1ccc2c(c1)CC[C@H]1[C@](C)(C(=O)N(c3ccccc3)c3cc(N)ncn3)CCC[C@]21C. The minimum atomic E-state index is -0.517. The summed E-state index contributed by atoms with van der Waals surface area (Å²) in [4.78, 5) is 24.9. The molecule has 182 valence electrons. The predicted molar refractivity (Wildman–Crippen MR) is 142 cm³/mol. The number of rotatable bonds is 4. The Morgan fingerprint density at radius 3 is 2.54 bits per heavy atom. The molecular formula is C30H36N4O. The summed E-state index contributed by atoms with van der Waals surface area (Å²) in [6.45, 7) is 9.09. The van der Waals surface area contributed by atoms with Gasteiger partial charge in [-0.3, -0.25) is 9.69 Å². The summed E-state index contributed by atoms with van der Waals surface area (Å²) in [5.41, 5.74) is 10.6. The van der Waals surface area contributed by atoms with Gasteiger partial charge in [0.2, 0.25) is 5.91 Å². The quantitative estimate of drug-likeness (QED) is 0.471. The number of carbonyl (C=O) groups is 1. The molecule has 1 amide bonds. The van der Waals surface area contributed by atoms with Gasteiger partial charge in [0.25, 0.3) is 0 Å². The number of hydrogen-bond acceptors (Lipinski definition) is 4. The third kappa shape index (κ3) is 3.91. The molecule has 0 aliphatic heterocycles. The molecule has 0 saturated heterocycles. The third-order valence-electron chi connectivity index (χ3n) is 8.65. The van der Waals surface area contributed by atoms with Crippen LogP contribution in [0.3, 0.4) is 0 Å². The molecule has 3 aromatic rings. The average molecular weight is 469 g/mol. The number of nitrogens with zero attached hydrogens (tertiary/aromatic N) is 3. The van der Waals surface area contributed by atoms with Crippen LogP contribution in [0.15, 0.2) is 60.9 Å². The van der Waals surface area contributed by atoms with E-state index in [-0.39, 0.29) is 17.2 Å². The van der Waals surface area contributed by atoms with Crippen LogP contribution in [-0.2, 0) is 16.6 Å². The van der Waals surface area contributed by atoms with E-state index in [1.54, 1.807) is 11.0 Å². The van der Waals surface area contributed by atoms with E-state index in [0.717, 1.165) is 37.8 Å². The summed E-state index contributed by atoms with van der Waals surface area (Å²) in [6.07, 6.45) is 6.47. The summed E-state index contributed by atoms with van der Waals surface area (Å²) in [5.74, 6) is 1.75. The van der Waals surface area contributed by atoms with Gasteiger partial charge in [0, 0.05) is 6.07 Å². The highest BCUT2D eigenvalue weighted by molar-refractivity contribution is 6.03. The fourth-order valence-electron chi connectivity index (χ4n) is 6.80. The number of amides is 1. The van der Waals surface area contributed by atoms with Gasteiger partial charge in [-0.25, -0.2) is 9.97 Å². The summed E-state index contributed by atoms with van der Waals surface area (Å²) < 4.78 is 0. The molecule has 5 heteroatoms. The molecule has 2 aromatic carbocycles. The molecule has 5 nitrogen and oxygen atoms in total. The van der Waals surface area contributed by atoms with Crippen LogP contribution in [0.5, 0.6) is 0 Å². The molecule has 2 aliphatic rings. The van der Waals surface area contributed by atoms with Crippen LogP contribution in [0.4, 0.5) is 17.3 Å². The van der Waals surface area contributed by atoms with Crippen LogP contribution >= 0.6 is 0 Å². The fraction of sp³-hybridized carbons (Fsp3) is 0.433. The van der Waals surface area contributed by atoms with Crippen LogP contribution in [-0.4, -0.2) is 15.9 Å². The van der Waals surface area contributed by atoms with Crippen LogP contribution in [0, 0.1) is 11.3 Å². The Morgan fingerprint density at radius 2 is 1.83 bits per heavy atom. The molecule has 5 rings (SSSR count). The molecular weight excluding hydrogens is 432 g/mol. The van der Waals surface area contributed by atoms with Gasteiger partial charge in [-0.1, -0.05) is 70.5 Å². The lowest BCUT2D eigenvalue weighted by Crippen LogP contribution is -2.55. The molecule has 0 radical (unpaired) electrons. The van der Waals surface area contributed by atoms with Crippen LogP contribution < -0.4 is 10.6 Å².